The maximum Gasteiger partial charge on any atom is 0.260 e. The van der Waals surface area contributed by atoms with Gasteiger partial charge in [-0.25, -0.2) is 0 Å². The topological polar surface area (TPSA) is 66.9 Å². The first-order valence-electron chi connectivity index (χ1n) is 7.33. The molecule has 24 heavy (non-hydrogen) atoms. The Bertz CT molecular complexity index is 1040. The summed E-state index contributed by atoms with van der Waals surface area (Å²) in [5, 5.41) is 17.9. The first-order chi connectivity index (χ1) is 11.7. The highest BCUT2D eigenvalue weighted by Gasteiger charge is 2.18. The van der Waals surface area contributed by atoms with Crippen molar-refractivity contribution in [2.75, 3.05) is 7.11 Å². The summed E-state index contributed by atoms with van der Waals surface area (Å²) < 4.78 is 6.09. The smallest absolute Gasteiger partial charge is 0.260 e. The molecule has 120 valence electrons. The lowest BCUT2D eigenvalue weighted by atomic mass is 10.2. The molecule has 0 radical (unpaired) electrons. The second kappa shape index (κ2) is 5.76. The summed E-state index contributed by atoms with van der Waals surface area (Å²) in [6.45, 7) is 0.375. The average Bonchev–Trinajstić information content (AvgIpc) is 2.91. The van der Waals surface area contributed by atoms with E-state index in [1.165, 1.54) is 4.80 Å². The predicted octanol–water partition coefficient (Wildman–Crippen LogP) is 3.04. The maximum absolute atomic E-state index is 12.5. The Labute approximate surface area is 146 Å². The summed E-state index contributed by atoms with van der Waals surface area (Å²) in [5.74, 6) is 0.778. The normalized spacial score (nSPS) is 11.2. The van der Waals surface area contributed by atoms with E-state index in [0.29, 0.717) is 17.6 Å². The lowest BCUT2D eigenvalue weighted by Crippen LogP contribution is -2.38. The highest BCUT2D eigenvalue weighted by Crippen LogP contribution is 2.23. The third-order valence-electron chi connectivity index (χ3n) is 3.90. The van der Waals surface area contributed by atoms with E-state index >= 15 is 0 Å². The number of benzene rings is 2. The Morgan fingerprint density at radius 3 is 2.75 bits per heavy atom. The number of rotatable bonds is 3. The molecule has 0 N–H and O–H groups in total. The van der Waals surface area contributed by atoms with Crippen molar-refractivity contribution < 1.29 is 9.58 Å². The monoisotopic (exact) mass is 384 g/mol. The molecule has 0 saturated carbocycles. The zero-order chi connectivity index (χ0) is 16.7. The molecule has 6 nitrogen and oxygen atoms in total. The van der Waals surface area contributed by atoms with Crippen LogP contribution in [0.4, 0.5) is 0 Å². The summed E-state index contributed by atoms with van der Waals surface area (Å²) in [6, 6.07) is 13.3. The van der Waals surface area contributed by atoms with Crippen molar-refractivity contribution in [3.63, 3.8) is 0 Å². The second-order valence-electron chi connectivity index (χ2n) is 5.40. The third-order valence-corrected chi connectivity index (χ3v) is 4.39. The van der Waals surface area contributed by atoms with Gasteiger partial charge in [0.1, 0.15) is 12.3 Å². The molecule has 2 aromatic carbocycles. The van der Waals surface area contributed by atoms with Crippen LogP contribution >= 0.6 is 15.9 Å². The molecule has 0 aliphatic heterocycles. The van der Waals surface area contributed by atoms with Gasteiger partial charge in [-0.05, 0) is 40.7 Å². The van der Waals surface area contributed by atoms with Gasteiger partial charge in [0.25, 0.3) is 5.52 Å². The number of hydrogen-bond donors (Lipinski definition) is 0. The van der Waals surface area contributed by atoms with E-state index in [2.05, 4.69) is 26.0 Å². The van der Waals surface area contributed by atoms with E-state index in [4.69, 9.17) is 4.74 Å². The van der Waals surface area contributed by atoms with E-state index < -0.39 is 0 Å². The van der Waals surface area contributed by atoms with Crippen LogP contribution in [0.25, 0.3) is 21.9 Å². The summed E-state index contributed by atoms with van der Waals surface area (Å²) in [7, 11) is 1.62. The predicted molar refractivity (Wildman–Crippen MR) is 93.8 cm³/mol. The van der Waals surface area contributed by atoms with E-state index in [9.17, 15) is 5.21 Å². The number of nitrogens with zero attached hydrogens (tertiary/aromatic N) is 4. The van der Waals surface area contributed by atoms with Gasteiger partial charge < -0.3 is 9.94 Å². The van der Waals surface area contributed by atoms with Gasteiger partial charge in [-0.1, -0.05) is 28.1 Å². The lowest BCUT2D eigenvalue weighted by molar-refractivity contribution is -0.675. The summed E-state index contributed by atoms with van der Waals surface area (Å²) >= 11 is 3.43. The van der Waals surface area contributed by atoms with Gasteiger partial charge >= 0.3 is 0 Å². The van der Waals surface area contributed by atoms with Crippen LogP contribution in [-0.2, 0) is 6.54 Å². The largest absolute Gasteiger partial charge is 0.692 e. The van der Waals surface area contributed by atoms with Crippen LogP contribution in [0.1, 0.15) is 5.56 Å². The maximum atomic E-state index is 12.5. The SMILES string of the molecule is COc1ccc(Cn2nc3c4ccc(Br)cc4ncc3[n+]2[O-])cc1. The van der Waals surface area contributed by atoms with Crippen LogP contribution in [0.5, 0.6) is 5.75 Å². The molecule has 0 unspecified atom stereocenters. The molecule has 2 heterocycles. The van der Waals surface area contributed by atoms with Crippen LogP contribution < -0.4 is 9.58 Å². The van der Waals surface area contributed by atoms with Crippen molar-refractivity contribution in [2.45, 2.75) is 6.54 Å². The average molecular weight is 385 g/mol. The molecule has 0 spiro atoms. The van der Waals surface area contributed by atoms with Crippen molar-refractivity contribution in [1.29, 1.82) is 0 Å². The van der Waals surface area contributed by atoms with Crippen molar-refractivity contribution >= 4 is 37.9 Å². The van der Waals surface area contributed by atoms with Crippen molar-refractivity contribution in [3.8, 4) is 5.75 Å². The number of ether oxygens (including phenoxy) is 1. The molecule has 0 amide bonds. The molecule has 4 aromatic rings. The highest BCUT2D eigenvalue weighted by atomic mass is 79.9. The minimum absolute atomic E-state index is 0.375. The second-order valence-corrected chi connectivity index (χ2v) is 6.32. The molecule has 0 fully saturated rings. The Kier molecular flexibility index (Phi) is 3.57. The lowest BCUT2D eigenvalue weighted by Gasteiger charge is -2.05. The molecule has 0 saturated heterocycles. The van der Waals surface area contributed by atoms with Gasteiger partial charge in [0.15, 0.2) is 0 Å². The number of pyridine rings is 1. The summed E-state index contributed by atoms with van der Waals surface area (Å²) in [5.41, 5.74) is 2.87. The zero-order valence-corrected chi connectivity index (χ0v) is 14.4. The number of methoxy groups -OCH3 is 1. The quantitative estimate of drug-likeness (QED) is 0.402. The standard InChI is InChI=1S/C17H13BrN4O2/c1-24-13-5-2-11(3-6-13)10-21-20-17-14-7-4-12(18)8-15(14)19-9-16(17)22(21)23/h2-9H,10H2,1H3. The van der Waals surface area contributed by atoms with Crippen molar-refractivity contribution in [2.24, 2.45) is 0 Å². The van der Waals surface area contributed by atoms with E-state index in [1.54, 1.807) is 13.3 Å². The minimum atomic E-state index is 0.375. The molecule has 7 heteroatoms. The van der Waals surface area contributed by atoms with Gasteiger partial charge in [0.2, 0.25) is 5.52 Å². The number of hydrogen-bond acceptors (Lipinski definition) is 4. The number of fused-ring (bicyclic) bond motifs is 3. The molecule has 0 atom stereocenters. The van der Waals surface area contributed by atoms with Crippen LogP contribution in [-0.4, -0.2) is 22.0 Å². The van der Waals surface area contributed by atoms with Gasteiger partial charge in [-0.3, -0.25) is 4.98 Å². The molecule has 0 aliphatic carbocycles. The van der Waals surface area contributed by atoms with Crippen LogP contribution in [0.15, 0.2) is 53.1 Å². The van der Waals surface area contributed by atoms with Crippen LogP contribution in [0.3, 0.4) is 0 Å². The van der Waals surface area contributed by atoms with E-state index in [1.807, 2.05) is 42.5 Å². The fraction of sp³-hybridized carbons (Fsp3) is 0.118. The molecular formula is C17H13BrN4O2. The van der Waals surface area contributed by atoms with Gasteiger partial charge in [0, 0.05) is 9.57 Å². The summed E-state index contributed by atoms with van der Waals surface area (Å²) in [4.78, 5) is 6.54. The zero-order valence-electron chi connectivity index (χ0n) is 12.8. The fourth-order valence-corrected chi connectivity index (χ4v) is 3.01. The van der Waals surface area contributed by atoms with Crippen LogP contribution in [0, 0.1) is 5.21 Å². The first-order valence-corrected chi connectivity index (χ1v) is 8.12. The van der Waals surface area contributed by atoms with E-state index in [0.717, 1.165) is 31.5 Å². The molecule has 0 bridgehead atoms. The number of aromatic nitrogens is 4. The van der Waals surface area contributed by atoms with Gasteiger partial charge in [0.05, 0.1) is 24.2 Å². The van der Waals surface area contributed by atoms with Crippen molar-refractivity contribution in [1.82, 2.24) is 14.9 Å². The Morgan fingerprint density at radius 1 is 1.21 bits per heavy atom. The van der Waals surface area contributed by atoms with E-state index in [-0.39, 0.29) is 0 Å². The third kappa shape index (κ3) is 2.46. The molecule has 2 aromatic heterocycles. The van der Waals surface area contributed by atoms with Crippen molar-refractivity contribution in [3.05, 3.63) is 63.9 Å². The molecule has 4 rings (SSSR count). The van der Waals surface area contributed by atoms with Gasteiger partial charge in [-0.15, -0.1) is 4.85 Å². The van der Waals surface area contributed by atoms with Gasteiger partial charge in [-0.2, -0.15) is 0 Å². The fourth-order valence-electron chi connectivity index (χ4n) is 2.66. The Hall–Kier alpha value is -2.67. The molecular weight excluding hydrogens is 372 g/mol. The summed E-state index contributed by atoms with van der Waals surface area (Å²) in [6.07, 6.45) is 1.56. The molecule has 0 aliphatic rings. The number of halogens is 1. The van der Waals surface area contributed by atoms with Crippen LogP contribution in [0.2, 0.25) is 0 Å². The highest BCUT2D eigenvalue weighted by molar-refractivity contribution is 9.10. The Balaban J connectivity index is 1.80. The minimum Gasteiger partial charge on any atom is -0.692 e. The first kappa shape index (κ1) is 14.9. The Morgan fingerprint density at radius 2 is 2.00 bits per heavy atom.